The summed E-state index contributed by atoms with van der Waals surface area (Å²) in [5.74, 6) is -5.91. The molecule has 3 atom stereocenters. The molecule has 0 aromatic heterocycles. The van der Waals surface area contributed by atoms with Crippen LogP contribution in [0.25, 0.3) is 0 Å². The Morgan fingerprint density at radius 3 is 2.30 bits per heavy atom. The summed E-state index contributed by atoms with van der Waals surface area (Å²) < 4.78 is 41.8. The topological polar surface area (TPSA) is 113 Å². The summed E-state index contributed by atoms with van der Waals surface area (Å²) >= 11 is 0. The van der Waals surface area contributed by atoms with Crippen LogP contribution in [0.4, 0.5) is 13.2 Å². The van der Waals surface area contributed by atoms with Gasteiger partial charge in [0.15, 0.2) is 0 Å². The molecule has 10 heteroatoms. The third-order valence-electron chi connectivity index (χ3n) is 2.75. The SMILES string of the molecule is O=C(O)CC(NC(=O)C1CC(C(F)(F)F)CO1)C(=O)O. The second-order valence-corrected chi connectivity index (χ2v) is 4.29. The lowest BCUT2D eigenvalue weighted by atomic mass is 10.0. The van der Waals surface area contributed by atoms with Gasteiger partial charge in [0.1, 0.15) is 12.1 Å². The summed E-state index contributed by atoms with van der Waals surface area (Å²) in [5, 5.41) is 19.0. The Balaban J connectivity index is 2.58. The number of nitrogens with one attached hydrogen (secondary N) is 1. The molecule has 114 valence electrons. The molecule has 0 spiro atoms. The van der Waals surface area contributed by atoms with E-state index in [1.807, 2.05) is 5.32 Å². The standard InChI is InChI=1S/C10H12F3NO6/c11-10(12,13)4-1-6(20-3-4)8(17)14-5(9(18)19)2-7(15)16/h4-6H,1-3H2,(H,14,17)(H,15,16)(H,18,19). The Morgan fingerprint density at radius 2 is 1.90 bits per heavy atom. The van der Waals surface area contributed by atoms with E-state index in [0.29, 0.717) is 0 Å². The van der Waals surface area contributed by atoms with Gasteiger partial charge in [-0.05, 0) is 6.42 Å². The molecule has 1 saturated heterocycles. The lowest BCUT2D eigenvalue weighted by Crippen LogP contribution is -2.46. The Hall–Kier alpha value is -1.84. The molecule has 0 bridgehead atoms. The van der Waals surface area contributed by atoms with Crippen molar-refractivity contribution in [1.82, 2.24) is 5.32 Å². The minimum Gasteiger partial charge on any atom is -0.481 e. The van der Waals surface area contributed by atoms with E-state index >= 15 is 0 Å². The van der Waals surface area contributed by atoms with Crippen LogP contribution in [0.2, 0.25) is 0 Å². The van der Waals surface area contributed by atoms with Gasteiger partial charge in [-0.15, -0.1) is 0 Å². The van der Waals surface area contributed by atoms with Gasteiger partial charge in [0.2, 0.25) is 5.91 Å². The largest absolute Gasteiger partial charge is 0.481 e. The fraction of sp³-hybridized carbons (Fsp3) is 0.700. The van der Waals surface area contributed by atoms with Crippen molar-refractivity contribution < 1.29 is 42.5 Å². The van der Waals surface area contributed by atoms with Gasteiger partial charge in [-0.2, -0.15) is 13.2 Å². The van der Waals surface area contributed by atoms with E-state index in [0.717, 1.165) is 0 Å². The zero-order valence-corrected chi connectivity index (χ0v) is 10.0. The maximum absolute atomic E-state index is 12.4. The lowest BCUT2D eigenvalue weighted by molar-refractivity contribution is -0.173. The fourth-order valence-corrected chi connectivity index (χ4v) is 1.68. The van der Waals surface area contributed by atoms with Gasteiger partial charge in [-0.1, -0.05) is 0 Å². The highest BCUT2D eigenvalue weighted by molar-refractivity contribution is 5.88. The Labute approximate surface area is 110 Å². The minimum absolute atomic E-state index is 0.616. The summed E-state index contributed by atoms with van der Waals surface area (Å²) in [6.45, 7) is -0.682. The number of carbonyl (C=O) groups is 3. The first-order chi connectivity index (χ1) is 9.11. The quantitative estimate of drug-likeness (QED) is 0.658. The molecule has 7 nitrogen and oxygen atoms in total. The van der Waals surface area contributed by atoms with Crippen LogP contribution in [0, 0.1) is 5.92 Å². The predicted octanol–water partition coefficient (Wildman–Crippen LogP) is -0.00210. The van der Waals surface area contributed by atoms with E-state index in [1.165, 1.54) is 0 Å². The first-order valence-corrected chi connectivity index (χ1v) is 5.54. The third kappa shape index (κ3) is 4.37. The predicted molar refractivity (Wildman–Crippen MR) is 55.7 cm³/mol. The number of alkyl halides is 3. The molecule has 1 fully saturated rings. The van der Waals surface area contributed by atoms with E-state index < -0.39 is 61.5 Å². The molecule has 0 radical (unpaired) electrons. The number of rotatable bonds is 5. The molecular formula is C10H12F3NO6. The summed E-state index contributed by atoms with van der Waals surface area (Å²) in [6, 6.07) is -1.71. The number of carbonyl (C=O) groups excluding carboxylic acids is 1. The number of carboxylic acids is 2. The maximum Gasteiger partial charge on any atom is 0.394 e. The maximum atomic E-state index is 12.4. The molecule has 0 saturated carbocycles. The molecule has 20 heavy (non-hydrogen) atoms. The van der Waals surface area contributed by atoms with Gasteiger partial charge in [0, 0.05) is 0 Å². The van der Waals surface area contributed by atoms with Gasteiger partial charge in [-0.3, -0.25) is 9.59 Å². The molecule has 1 aliphatic rings. The zero-order valence-electron chi connectivity index (χ0n) is 10.0. The monoisotopic (exact) mass is 299 g/mol. The number of amides is 1. The molecule has 1 aliphatic heterocycles. The number of halogens is 3. The number of carboxylic acid groups (broad SMARTS) is 2. The van der Waals surface area contributed by atoms with Crippen LogP contribution >= 0.6 is 0 Å². The highest BCUT2D eigenvalue weighted by atomic mass is 19.4. The van der Waals surface area contributed by atoms with E-state index in [-0.39, 0.29) is 0 Å². The van der Waals surface area contributed by atoms with Crippen molar-refractivity contribution in [2.24, 2.45) is 5.92 Å². The van der Waals surface area contributed by atoms with Crippen LogP contribution in [-0.4, -0.2) is 53.0 Å². The molecule has 1 amide bonds. The van der Waals surface area contributed by atoms with E-state index in [1.54, 1.807) is 0 Å². The van der Waals surface area contributed by atoms with Gasteiger partial charge in [0.05, 0.1) is 18.9 Å². The normalized spacial score (nSPS) is 24.1. The van der Waals surface area contributed by atoms with Crippen LogP contribution in [-0.2, 0) is 19.1 Å². The number of aliphatic carboxylic acids is 2. The van der Waals surface area contributed by atoms with Gasteiger partial charge >= 0.3 is 18.1 Å². The molecular weight excluding hydrogens is 287 g/mol. The molecule has 1 rings (SSSR count). The van der Waals surface area contributed by atoms with E-state index in [9.17, 15) is 27.6 Å². The van der Waals surface area contributed by atoms with Crippen molar-refractivity contribution in [3.63, 3.8) is 0 Å². The molecule has 0 aromatic carbocycles. The zero-order chi connectivity index (χ0) is 15.5. The first-order valence-electron chi connectivity index (χ1n) is 5.54. The van der Waals surface area contributed by atoms with Crippen LogP contribution in [0.15, 0.2) is 0 Å². The van der Waals surface area contributed by atoms with Gasteiger partial charge in [0.25, 0.3) is 0 Å². The van der Waals surface area contributed by atoms with E-state index in [4.69, 9.17) is 10.2 Å². The average Bonchev–Trinajstić information content (AvgIpc) is 2.75. The van der Waals surface area contributed by atoms with Crippen molar-refractivity contribution in [2.75, 3.05) is 6.61 Å². The first kappa shape index (κ1) is 16.2. The Bertz CT molecular complexity index is 410. The second kappa shape index (κ2) is 6.07. The number of hydrogen-bond acceptors (Lipinski definition) is 4. The summed E-state index contributed by atoms with van der Waals surface area (Å²) in [6.07, 6.45) is -7.43. The highest BCUT2D eigenvalue weighted by Gasteiger charge is 2.47. The van der Waals surface area contributed by atoms with Crippen LogP contribution in [0.1, 0.15) is 12.8 Å². The number of hydrogen-bond donors (Lipinski definition) is 3. The van der Waals surface area contributed by atoms with Crippen molar-refractivity contribution in [3.05, 3.63) is 0 Å². The van der Waals surface area contributed by atoms with E-state index in [2.05, 4.69) is 4.74 Å². The second-order valence-electron chi connectivity index (χ2n) is 4.29. The van der Waals surface area contributed by atoms with Crippen molar-refractivity contribution in [3.8, 4) is 0 Å². The lowest BCUT2D eigenvalue weighted by Gasteiger charge is -2.16. The molecule has 3 unspecified atom stereocenters. The average molecular weight is 299 g/mol. The van der Waals surface area contributed by atoms with Crippen LogP contribution in [0.3, 0.4) is 0 Å². The summed E-state index contributed by atoms with van der Waals surface area (Å²) in [5.41, 5.74) is 0. The minimum atomic E-state index is -4.50. The van der Waals surface area contributed by atoms with Gasteiger partial charge in [-0.25, -0.2) is 4.79 Å². The smallest absolute Gasteiger partial charge is 0.394 e. The summed E-state index contributed by atoms with van der Waals surface area (Å²) in [4.78, 5) is 32.7. The third-order valence-corrected chi connectivity index (χ3v) is 2.75. The Kier molecular flexibility index (Phi) is 4.93. The van der Waals surface area contributed by atoms with Crippen LogP contribution < -0.4 is 5.32 Å². The van der Waals surface area contributed by atoms with Crippen molar-refractivity contribution in [2.45, 2.75) is 31.2 Å². The van der Waals surface area contributed by atoms with Gasteiger partial charge < -0.3 is 20.3 Å². The number of ether oxygens (including phenoxy) is 1. The molecule has 0 aromatic rings. The van der Waals surface area contributed by atoms with Crippen molar-refractivity contribution >= 4 is 17.8 Å². The highest BCUT2D eigenvalue weighted by Crippen LogP contribution is 2.34. The Morgan fingerprint density at radius 1 is 1.30 bits per heavy atom. The fourth-order valence-electron chi connectivity index (χ4n) is 1.68. The molecule has 0 aliphatic carbocycles. The molecule has 1 heterocycles. The molecule has 3 N–H and O–H groups in total. The van der Waals surface area contributed by atoms with Crippen LogP contribution in [0.5, 0.6) is 0 Å². The van der Waals surface area contributed by atoms with Crippen molar-refractivity contribution in [1.29, 1.82) is 0 Å². The summed E-state index contributed by atoms with van der Waals surface area (Å²) in [7, 11) is 0.